The lowest BCUT2D eigenvalue weighted by Crippen LogP contribution is -2.41. The fourth-order valence-electron chi connectivity index (χ4n) is 3.60. The van der Waals surface area contributed by atoms with Gasteiger partial charge < -0.3 is 15.2 Å². The van der Waals surface area contributed by atoms with Crippen molar-refractivity contribution < 1.29 is 29.1 Å². The molecule has 3 heterocycles. The van der Waals surface area contributed by atoms with E-state index < -0.39 is 30.5 Å². The summed E-state index contributed by atoms with van der Waals surface area (Å²) in [6.45, 7) is -0.429. The van der Waals surface area contributed by atoms with Crippen molar-refractivity contribution in [3.05, 3.63) is 78.0 Å². The minimum atomic E-state index is -1.59. The van der Waals surface area contributed by atoms with Gasteiger partial charge in [-0.1, -0.05) is 12.1 Å². The lowest BCUT2D eigenvalue weighted by Gasteiger charge is -2.19. The van der Waals surface area contributed by atoms with Crippen LogP contribution in [0.1, 0.15) is 20.7 Å². The van der Waals surface area contributed by atoms with Gasteiger partial charge in [-0.05, 0) is 42.5 Å². The number of rotatable bonds is 8. The van der Waals surface area contributed by atoms with Crippen LogP contribution in [0.2, 0.25) is 0 Å². The van der Waals surface area contributed by atoms with E-state index in [-0.39, 0.29) is 11.1 Å². The van der Waals surface area contributed by atoms with Crippen molar-refractivity contribution in [2.75, 3.05) is 11.9 Å². The molecule has 0 saturated heterocycles. The Bertz CT molecular complexity index is 1430. The van der Waals surface area contributed by atoms with Crippen molar-refractivity contribution in [3.8, 4) is 5.75 Å². The van der Waals surface area contributed by atoms with Crippen molar-refractivity contribution in [1.29, 1.82) is 0 Å². The van der Waals surface area contributed by atoms with Gasteiger partial charge in [0.05, 0.1) is 22.8 Å². The van der Waals surface area contributed by atoms with Crippen molar-refractivity contribution in [2.45, 2.75) is 6.10 Å². The van der Waals surface area contributed by atoms with Crippen LogP contribution in [0.5, 0.6) is 5.75 Å². The van der Waals surface area contributed by atoms with E-state index in [4.69, 9.17) is 9.57 Å². The number of pyridine rings is 1. The second-order valence-electron chi connectivity index (χ2n) is 7.71. The van der Waals surface area contributed by atoms with Crippen LogP contribution in [-0.4, -0.2) is 55.4 Å². The number of nitrogens with zero attached hydrogens (tertiary/aromatic N) is 4. The van der Waals surface area contributed by atoms with Crippen LogP contribution in [0, 0.1) is 0 Å². The van der Waals surface area contributed by atoms with E-state index in [9.17, 15) is 19.5 Å². The highest BCUT2D eigenvalue weighted by molar-refractivity contribution is 6.20. The summed E-state index contributed by atoms with van der Waals surface area (Å²) in [4.78, 5) is 46.4. The molecule has 2 aromatic carbocycles. The number of aryl methyl sites for hydroxylation is 1. The number of carbonyl (C=O) groups excluding carboxylic acids is 2. The largest absolute Gasteiger partial charge is 0.490 e. The molecule has 0 unspecified atom stereocenters. The predicted molar refractivity (Wildman–Crippen MR) is 123 cm³/mol. The zero-order chi connectivity index (χ0) is 24.5. The van der Waals surface area contributed by atoms with E-state index in [2.05, 4.69) is 15.4 Å². The summed E-state index contributed by atoms with van der Waals surface area (Å²) < 4.78 is 7.30. The van der Waals surface area contributed by atoms with Gasteiger partial charge in [-0.25, -0.2) is 14.6 Å². The smallest absolute Gasteiger partial charge is 0.339 e. The fourth-order valence-corrected chi connectivity index (χ4v) is 3.60. The average molecular weight is 473 g/mol. The molecule has 11 nitrogen and oxygen atoms in total. The van der Waals surface area contributed by atoms with Crippen LogP contribution in [0.3, 0.4) is 0 Å². The van der Waals surface area contributed by atoms with E-state index in [0.717, 1.165) is 11.2 Å². The molecule has 2 aromatic heterocycles. The van der Waals surface area contributed by atoms with Crippen LogP contribution < -0.4 is 10.1 Å². The summed E-state index contributed by atoms with van der Waals surface area (Å²) in [6.07, 6.45) is 0.0895. The number of hydrogen-bond donors (Lipinski definition) is 2. The molecule has 5 rings (SSSR count). The summed E-state index contributed by atoms with van der Waals surface area (Å²) >= 11 is 0. The van der Waals surface area contributed by atoms with Crippen molar-refractivity contribution in [1.82, 2.24) is 19.8 Å². The fraction of sp³-hybridized carbons (Fsp3) is 0.125. The first-order chi connectivity index (χ1) is 16.9. The van der Waals surface area contributed by atoms with E-state index >= 15 is 0 Å². The maximum Gasteiger partial charge on any atom is 0.339 e. The Hall–Kier alpha value is -4.77. The van der Waals surface area contributed by atoms with Crippen molar-refractivity contribution in [2.24, 2.45) is 7.05 Å². The number of carbonyl (C=O) groups is 3. The van der Waals surface area contributed by atoms with Crippen LogP contribution >= 0.6 is 0 Å². The molecule has 0 radical (unpaired) electrons. The summed E-state index contributed by atoms with van der Waals surface area (Å²) in [6, 6.07) is 16.7. The topological polar surface area (TPSA) is 136 Å². The molecule has 2 amide bonds. The monoisotopic (exact) mass is 473 g/mol. The van der Waals surface area contributed by atoms with E-state index in [0.29, 0.717) is 22.1 Å². The minimum Gasteiger partial charge on any atom is -0.490 e. The van der Waals surface area contributed by atoms with Gasteiger partial charge >= 0.3 is 5.97 Å². The van der Waals surface area contributed by atoms with Crippen molar-refractivity contribution in [3.63, 3.8) is 0 Å². The third kappa shape index (κ3) is 4.27. The highest BCUT2D eigenvalue weighted by atomic mass is 16.7. The molecular weight excluding hydrogens is 454 g/mol. The highest BCUT2D eigenvalue weighted by Gasteiger charge is 2.39. The number of anilines is 2. The molecule has 1 aliphatic heterocycles. The van der Waals surface area contributed by atoms with Crippen molar-refractivity contribution >= 4 is 40.3 Å². The minimum absolute atomic E-state index is 0.154. The van der Waals surface area contributed by atoms with Gasteiger partial charge in [-0.2, -0.15) is 5.10 Å². The van der Waals surface area contributed by atoms with Crippen LogP contribution in [0.25, 0.3) is 10.9 Å². The van der Waals surface area contributed by atoms with Crippen LogP contribution in [0.15, 0.2) is 66.9 Å². The molecule has 2 N–H and O–H groups in total. The molecule has 1 atom stereocenters. The van der Waals surface area contributed by atoms with Gasteiger partial charge in [0.25, 0.3) is 11.8 Å². The lowest BCUT2D eigenvalue weighted by molar-refractivity contribution is -0.178. The number of fused-ring (bicyclic) bond motifs is 2. The number of carboxylic acids is 1. The summed E-state index contributed by atoms with van der Waals surface area (Å²) in [5.74, 6) is -1.02. The normalized spacial score (nSPS) is 13.7. The summed E-state index contributed by atoms with van der Waals surface area (Å²) in [5, 5.41) is 18.1. The Kier molecular flexibility index (Phi) is 5.59. The first kappa shape index (κ1) is 22.0. The number of amides is 2. The van der Waals surface area contributed by atoms with Crippen LogP contribution in [-0.2, 0) is 16.7 Å². The third-order valence-corrected chi connectivity index (χ3v) is 5.40. The Labute approximate surface area is 198 Å². The molecule has 35 heavy (non-hydrogen) atoms. The first-order valence-electron chi connectivity index (χ1n) is 10.6. The number of aromatic nitrogens is 3. The van der Waals surface area contributed by atoms with Gasteiger partial charge in [0.15, 0.2) is 0 Å². The van der Waals surface area contributed by atoms with Gasteiger partial charge in [0, 0.05) is 18.5 Å². The third-order valence-electron chi connectivity index (χ3n) is 5.40. The zero-order valence-electron chi connectivity index (χ0n) is 18.4. The van der Waals surface area contributed by atoms with E-state index in [1.807, 2.05) is 19.2 Å². The molecule has 176 valence electrons. The first-order valence-corrected chi connectivity index (χ1v) is 10.6. The Morgan fingerprint density at radius 1 is 1.06 bits per heavy atom. The Balaban J connectivity index is 1.27. The number of nitrogens with one attached hydrogen (secondary N) is 1. The summed E-state index contributed by atoms with van der Waals surface area (Å²) in [5.41, 5.74) is 1.00. The maximum atomic E-state index is 12.5. The maximum absolute atomic E-state index is 12.5. The average Bonchev–Trinajstić information content (AvgIpc) is 3.37. The molecule has 0 fully saturated rings. The second-order valence-corrected chi connectivity index (χ2v) is 7.71. The highest BCUT2D eigenvalue weighted by Crippen LogP contribution is 2.25. The molecular formula is C24H19N5O6. The predicted octanol–water partition coefficient (Wildman–Crippen LogP) is 2.77. The molecule has 0 saturated carbocycles. The molecule has 11 heteroatoms. The van der Waals surface area contributed by atoms with Crippen LogP contribution in [0.4, 0.5) is 11.6 Å². The number of hydrogen-bond acceptors (Lipinski definition) is 8. The molecule has 0 spiro atoms. The Morgan fingerprint density at radius 2 is 1.80 bits per heavy atom. The SMILES string of the molecule is Cn1nccc1Nc1ccc2cc(OC[C@H](ON3C(=O)c4ccccc4C3=O)C(=O)O)ccc2n1. The second kappa shape index (κ2) is 8.88. The molecule has 0 aliphatic carbocycles. The molecule has 0 bridgehead atoms. The Morgan fingerprint density at radius 3 is 2.46 bits per heavy atom. The molecule has 4 aromatic rings. The van der Waals surface area contributed by atoms with Gasteiger partial charge in [-0.15, -0.1) is 5.06 Å². The van der Waals surface area contributed by atoms with Gasteiger partial charge in [0.2, 0.25) is 6.10 Å². The number of aliphatic carboxylic acids is 1. The van der Waals surface area contributed by atoms with E-state index in [1.165, 1.54) is 12.1 Å². The molecule has 1 aliphatic rings. The number of benzene rings is 2. The quantitative estimate of drug-likeness (QED) is 0.370. The standard InChI is InChI=1S/C24H19N5O6/c1-28-21(10-11-25-28)27-20-9-6-14-12-15(7-8-18(14)26-20)34-13-19(24(32)33)35-29-22(30)16-4-2-3-5-17(16)23(29)31/h2-12,19H,13H2,1H3,(H,26,27)(H,32,33)/t19-/m0/s1. The number of hydroxylamine groups is 2. The summed E-state index contributed by atoms with van der Waals surface area (Å²) in [7, 11) is 1.81. The zero-order valence-corrected chi connectivity index (χ0v) is 18.4. The van der Waals surface area contributed by atoms with Gasteiger partial charge in [0.1, 0.15) is 24.0 Å². The number of carboxylic acid groups (broad SMARTS) is 1. The van der Waals surface area contributed by atoms with E-state index in [1.54, 1.807) is 47.3 Å². The van der Waals surface area contributed by atoms with Gasteiger partial charge in [-0.3, -0.25) is 14.3 Å². The lowest BCUT2D eigenvalue weighted by atomic mass is 10.1. The number of ether oxygens (including phenoxy) is 1. The number of imide groups is 1.